The van der Waals surface area contributed by atoms with Crippen molar-refractivity contribution in [2.75, 3.05) is 26.2 Å². The van der Waals surface area contributed by atoms with E-state index in [-0.39, 0.29) is 23.6 Å². The molecule has 4 nitrogen and oxygen atoms in total. The molecule has 1 N–H and O–H groups in total. The van der Waals surface area contributed by atoms with Gasteiger partial charge < -0.3 is 10.2 Å². The number of nitrogens with zero attached hydrogens (tertiary/aromatic N) is 2. The summed E-state index contributed by atoms with van der Waals surface area (Å²) in [5, 5.41) is 3.19. The second kappa shape index (κ2) is 7.45. The van der Waals surface area contributed by atoms with E-state index in [1.54, 1.807) is 23.1 Å². The standard InChI is InChI=1S/C14H17N3OS2.ClH/c1-10(13(18)17-8-6-15-7-9-17)19-14-16-11-4-2-3-5-12(11)20-14;/h2-5,10,15H,6-9H2,1H3;1H. The molecule has 1 aliphatic heterocycles. The molecule has 0 bridgehead atoms. The first-order valence-corrected chi connectivity index (χ1v) is 8.45. The summed E-state index contributed by atoms with van der Waals surface area (Å²) in [6.07, 6.45) is 0. The predicted octanol–water partition coefficient (Wildman–Crippen LogP) is 2.63. The highest BCUT2D eigenvalue weighted by Crippen LogP contribution is 2.32. The molecule has 0 spiro atoms. The van der Waals surface area contributed by atoms with Crippen LogP contribution in [0.25, 0.3) is 10.2 Å². The molecule has 0 radical (unpaired) electrons. The molecular weight excluding hydrogens is 326 g/mol. The molecule has 21 heavy (non-hydrogen) atoms. The first kappa shape index (κ1) is 16.5. The van der Waals surface area contributed by atoms with E-state index in [0.29, 0.717) is 0 Å². The Morgan fingerprint density at radius 3 is 2.81 bits per heavy atom. The first-order valence-electron chi connectivity index (χ1n) is 6.76. The van der Waals surface area contributed by atoms with Crippen LogP contribution in [0.1, 0.15) is 6.92 Å². The number of carbonyl (C=O) groups is 1. The Morgan fingerprint density at radius 2 is 2.10 bits per heavy atom. The summed E-state index contributed by atoms with van der Waals surface area (Å²) in [5.41, 5.74) is 1.02. The van der Waals surface area contributed by atoms with Gasteiger partial charge in [0.05, 0.1) is 15.5 Å². The van der Waals surface area contributed by atoms with Gasteiger partial charge in [0, 0.05) is 26.2 Å². The van der Waals surface area contributed by atoms with Crippen molar-refractivity contribution in [1.29, 1.82) is 0 Å². The van der Waals surface area contributed by atoms with E-state index in [9.17, 15) is 4.79 Å². The van der Waals surface area contributed by atoms with Crippen LogP contribution in [-0.4, -0.2) is 47.2 Å². The van der Waals surface area contributed by atoms with Gasteiger partial charge in [0.2, 0.25) is 5.91 Å². The second-order valence-corrected chi connectivity index (χ2v) is 7.40. The topological polar surface area (TPSA) is 45.2 Å². The number of aromatic nitrogens is 1. The lowest BCUT2D eigenvalue weighted by atomic mass is 10.3. The largest absolute Gasteiger partial charge is 0.339 e. The molecule has 1 unspecified atom stereocenters. The van der Waals surface area contributed by atoms with Gasteiger partial charge >= 0.3 is 0 Å². The van der Waals surface area contributed by atoms with Gasteiger partial charge in [0.15, 0.2) is 4.34 Å². The van der Waals surface area contributed by atoms with Crippen LogP contribution in [0, 0.1) is 0 Å². The zero-order chi connectivity index (χ0) is 13.9. The minimum Gasteiger partial charge on any atom is -0.339 e. The van der Waals surface area contributed by atoms with Gasteiger partial charge in [-0.3, -0.25) is 4.79 Å². The lowest BCUT2D eigenvalue weighted by Gasteiger charge is -2.29. The molecular formula is C14H18ClN3OS2. The maximum Gasteiger partial charge on any atom is 0.235 e. The Morgan fingerprint density at radius 1 is 1.38 bits per heavy atom. The zero-order valence-corrected chi connectivity index (χ0v) is 14.2. The van der Waals surface area contributed by atoms with Crippen LogP contribution in [0.15, 0.2) is 28.6 Å². The van der Waals surface area contributed by atoms with Gasteiger partial charge in [0.25, 0.3) is 0 Å². The zero-order valence-electron chi connectivity index (χ0n) is 11.7. The van der Waals surface area contributed by atoms with Gasteiger partial charge in [-0.25, -0.2) is 4.98 Å². The van der Waals surface area contributed by atoms with E-state index in [2.05, 4.69) is 16.4 Å². The predicted molar refractivity (Wildman–Crippen MR) is 91.6 cm³/mol. The molecule has 114 valence electrons. The van der Waals surface area contributed by atoms with Crippen LogP contribution >= 0.6 is 35.5 Å². The number of thioether (sulfide) groups is 1. The van der Waals surface area contributed by atoms with Crippen LogP contribution in [0.5, 0.6) is 0 Å². The Balaban J connectivity index is 0.00000161. The monoisotopic (exact) mass is 343 g/mol. The van der Waals surface area contributed by atoms with Crippen molar-refractivity contribution >= 4 is 51.6 Å². The molecule has 1 aliphatic rings. The summed E-state index contributed by atoms with van der Waals surface area (Å²) in [5.74, 6) is 0.218. The Hall–Kier alpha value is -0.820. The van der Waals surface area contributed by atoms with Gasteiger partial charge in [-0.1, -0.05) is 23.9 Å². The van der Waals surface area contributed by atoms with Crippen molar-refractivity contribution in [3.63, 3.8) is 0 Å². The normalized spacial score (nSPS) is 16.5. The number of amides is 1. The molecule has 0 aliphatic carbocycles. The smallest absolute Gasteiger partial charge is 0.235 e. The molecule has 1 atom stereocenters. The van der Waals surface area contributed by atoms with Crippen molar-refractivity contribution < 1.29 is 4.79 Å². The molecule has 2 aromatic rings. The third kappa shape index (κ3) is 3.88. The summed E-state index contributed by atoms with van der Waals surface area (Å²) in [7, 11) is 0. The Kier molecular flexibility index (Phi) is 5.87. The summed E-state index contributed by atoms with van der Waals surface area (Å²) in [4.78, 5) is 18.9. The number of halogens is 1. The minimum absolute atomic E-state index is 0. The summed E-state index contributed by atoms with van der Waals surface area (Å²) in [6.45, 7) is 5.38. The summed E-state index contributed by atoms with van der Waals surface area (Å²) < 4.78 is 2.15. The first-order chi connectivity index (χ1) is 9.74. The third-order valence-electron chi connectivity index (χ3n) is 3.33. The lowest BCUT2D eigenvalue weighted by Crippen LogP contribution is -2.48. The Bertz CT molecular complexity index is 580. The molecule has 0 saturated carbocycles. The van der Waals surface area contributed by atoms with E-state index in [1.165, 1.54) is 4.70 Å². The lowest BCUT2D eigenvalue weighted by molar-refractivity contribution is -0.130. The molecule has 2 heterocycles. The maximum absolute atomic E-state index is 12.4. The van der Waals surface area contributed by atoms with E-state index < -0.39 is 0 Å². The van der Waals surface area contributed by atoms with Crippen LogP contribution < -0.4 is 5.32 Å². The number of carbonyl (C=O) groups excluding carboxylic acids is 1. The number of thiazole rings is 1. The fraction of sp³-hybridized carbons (Fsp3) is 0.429. The number of piperazine rings is 1. The van der Waals surface area contributed by atoms with Gasteiger partial charge in [0.1, 0.15) is 0 Å². The number of hydrogen-bond acceptors (Lipinski definition) is 5. The van der Waals surface area contributed by atoms with Gasteiger partial charge in [-0.05, 0) is 19.1 Å². The van der Waals surface area contributed by atoms with Crippen molar-refractivity contribution in [2.24, 2.45) is 0 Å². The van der Waals surface area contributed by atoms with E-state index >= 15 is 0 Å². The van der Waals surface area contributed by atoms with Crippen LogP contribution in [0.4, 0.5) is 0 Å². The quantitative estimate of drug-likeness (QED) is 0.870. The Labute approximate surface area is 138 Å². The fourth-order valence-electron chi connectivity index (χ4n) is 2.25. The van der Waals surface area contributed by atoms with Crippen LogP contribution in [0.2, 0.25) is 0 Å². The molecule has 1 aromatic carbocycles. The number of fused-ring (bicyclic) bond motifs is 1. The number of hydrogen-bond donors (Lipinski definition) is 1. The maximum atomic E-state index is 12.4. The number of benzene rings is 1. The minimum atomic E-state index is -0.0753. The van der Waals surface area contributed by atoms with Crippen molar-refractivity contribution in [3.8, 4) is 0 Å². The summed E-state index contributed by atoms with van der Waals surface area (Å²) in [6, 6.07) is 8.09. The van der Waals surface area contributed by atoms with Gasteiger partial charge in [-0.15, -0.1) is 23.7 Å². The van der Waals surface area contributed by atoms with E-state index in [4.69, 9.17) is 0 Å². The van der Waals surface area contributed by atoms with Crippen LogP contribution in [0.3, 0.4) is 0 Å². The van der Waals surface area contributed by atoms with E-state index in [1.807, 2.05) is 30.0 Å². The molecule has 1 saturated heterocycles. The molecule has 3 rings (SSSR count). The molecule has 1 aromatic heterocycles. The average molecular weight is 344 g/mol. The molecule has 1 fully saturated rings. The van der Waals surface area contributed by atoms with E-state index in [0.717, 1.165) is 36.0 Å². The highest BCUT2D eigenvalue weighted by Gasteiger charge is 2.23. The fourth-order valence-corrected chi connectivity index (χ4v) is 4.54. The number of rotatable bonds is 3. The van der Waals surface area contributed by atoms with Crippen LogP contribution in [-0.2, 0) is 4.79 Å². The highest BCUT2D eigenvalue weighted by molar-refractivity contribution is 8.02. The van der Waals surface area contributed by atoms with Crippen molar-refractivity contribution in [3.05, 3.63) is 24.3 Å². The summed E-state index contributed by atoms with van der Waals surface area (Å²) >= 11 is 3.23. The van der Waals surface area contributed by atoms with Crippen molar-refractivity contribution in [2.45, 2.75) is 16.5 Å². The molecule has 7 heteroatoms. The third-order valence-corrected chi connectivity index (χ3v) is 5.55. The second-order valence-electron chi connectivity index (χ2n) is 4.78. The highest BCUT2D eigenvalue weighted by atomic mass is 35.5. The molecule has 1 amide bonds. The SMILES string of the molecule is CC(Sc1nc2ccccc2s1)C(=O)N1CCNCC1.Cl. The van der Waals surface area contributed by atoms with Gasteiger partial charge in [-0.2, -0.15) is 0 Å². The average Bonchev–Trinajstić information content (AvgIpc) is 2.89. The van der Waals surface area contributed by atoms with Crippen molar-refractivity contribution in [1.82, 2.24) is 15.2 Å². The number of para-hydroxylation sites is 1. The number of nitrogens with one attached hydrogen (secondary N) is 1.